The smallest absolute Gasteiger partial charge is 0.243 e. The Hall–Kier alpha value is -2.78. The first-order valence-corrected chi connectivity index (χ1v) is 14.7. The highest BCUT2D eigenvalue weighted by Crippen LogP contribution is 2.30. The molecular formula is C27H38ClN3O5S. The lowest BCUT2D eigenvalue weighted by molar-refractivity contribution is -0.141. The van der Waals surface area contributed by atoms with E-state index in [1.54, 1.807) is 36.4 Å². The summed E-state index contributed by atoms with van der Waals surface area (Å²) in [6, 6.07) is 13.4. The van der Waals surface area contributed by atoms with Crippen LogP contribution in [0.15, 0.2) is 48.5 Å². The van der Waals surface area contributed by atoms with Gasteiger partial charge in [0.15, 0.2) is 0 Å². The molecule has 0 spiro atoms. The van der Waals surface area contributed by atoms with Gasteiger partial charge in [-0.1, -0.05) is 48.9 Å². The third kappa shape index (κ3) is 8.93. The fourth-order valence-corrected chi connectivity index (χ4v) is 5.20. The van der Waals surface area contributed by atoms with E-state index in [0.717, 1.165) is 11.8 Å². The average Bonchev–Trinajstić information content (AvgIpc) is 2.82. The zero-order chi connectivity index (χ0) is 27.6. The first-order valence-electron chi connectivity index (χ1n) is 12.5. The first-order chi connectivity index (χ1) is 17.5. The molecule has 2 aromatic rings. The molecule has 1 atom stereocenters. The van der Waals surface area contributed by atoms with Crippen LogP contribution in [0.1, 0.15) is 52.5 Å². The summed E-state index contributed by atoms with van der Waals surface area (Å²) in [7, 11) is -3.63. The number of sulfonamides is 1. The third-order valence-electron chi connectivity index (χ3n) is 5.70. The molecule has 0 aromatic heterocycles. The SMILES string of the molecule is CCOc1ccccc1N(CCCC(=O)N(Cc1ccccc1Cl)C(CC)C(=O)NC(C)C)S(C)(=O)=O. The Morgan fingerprint density at radius 1 is 1.05 bits per heavy atom. The molecule has 0 heterocycles. The van der Waals surface area contributed by atoms with Crippen LogP contribution >= 0.6 is 11.6 Å². The van der Waals surface area contributed by atoms with Crippen molar-refractivity contribution in [1.82, 2.24) is 10.2 Å². The van der Waals surface area contributed by atoms with Gasteiger partial charge in [0.25, 0.3) is 0 Å². The highest BCUT2D eigenvalue weighted by Gasteiger charge is 2.30. The van der Waals surface area contributed by atoms with Crippen molar-refractivity contribution < 1.29 is 22.7 Å². The molecule has 0 fully saturated rings. The first kappa shape index (κ1) is 30.4. The highest BCUT2D eigenvalue weighted by molar-refractivity contribution is 7.92. The molecule has 2 aromatic carbocycles. The molecule has 0 saturated carbocycles. The maximum absolute atomic E-state index is 13.5. The number of benzene rings is 2. The number of carbonyl (C=O) groups is 2. The third-order valence-corrected chi connectivity index (χ3v) is 7.25. The Kier molecular flexibility index (Phi) is 11.7. The van der Waals surface area contributed by atoms with Crippen LogP contribution in [-0.2, 0) is 26.2 Å². The number of anilines is 1. The Labute approximate surface area is 226 Å². The number of para-hydroxylation sites is 2. The fourth-order valence-electron chi connectivity index (χ4n) is 4.03. The molecule has 1 unspecified atom stereocenters. The lowest BCUT2D eigenvalue weighted by Crippen LogP contribution is -2.50. The van der Waals surface area contributed by atoms with Gasteiger partial charge in [0.2, 0.25) is 21.8 Å². The Balaban J connectivity index is 2.26. The summed E-state index contributed by atoms with van der Waals surface area (Å²) in [6.45, 7) is 8.06. The van der Waals surface area contributed by atoms with Crippen molar-refractivity contribution in [1.29, 1.82) is 0 Å². The minimum absolute atomic E-state index is 0.0543. The van der Waals surface area contributed by atoms with E-state index in [-0.39, 0.29) is 43.8 Å². The number of ether oxygens (including phenoxy) is 1. The summed E-state index contributed by atoms with van der Waals surface area (Å²) in [5, 5.41) is 3.41. The zero-order valence-corrected chi connectivity index (χ0v) is 23.8. The second-order valence-electron chi connectivity index (χ2n) is 9.04. The summed E-state index contributed by atoms with van der Waals surface area (Å²) in [6.07, 6.45) is 1.86. The second-order valence-corrected chi connectivity index (χ2v) is 11.4. The highest BCUT2D eigenvalue weighted by atomic mass is 35.5. The van der Waals surface area contributed by atoms with Crippen molar-refractivity contribution in [3.63, 3.8) is 0 Å². The normalized spacial score (nSPS) is 12.2. The van der Waals surface area contributed by atoms with Gasteiger partial charge in [-0.15, -0.1) is 0 Å². The summed E-state index contributed by atoms with van der Waals surface area (Å²) in [5.74, 6) is -0.0305. The van der Waals surface area contributed by atoms with Crippen LogP contribution in [0.4, 0.5) is 5.69 Å². The molecular weight excluding hydrogens is 514 g/mol. The molecule has 2 rings (SSSR count). The monoisotopic (exact) mass is 551 g/mol. The molecule has 1 N–H and O–H groups in total. The lowest BCUT2D eigenvalue weighted by Gasteiger charge is -2.32. The molecule has 10 heteroatoms. The molecule has 8 nitrogen and oxygen atoms in total. The quantitative estimate of drug-likeness (QED) is 0.370. The molecule has 2 amide bonds. The van der Waals surface area contributed by atoms with Crippen molar-refractivity contribution >= 4 is 39.1 Å². The van der Waals surface area contributed by atoms with E-state index in [4.69, 9.17) is 16.3 Å². The predicted octanol–water partition coefficient (Wildman–Crippen LogP) is 4.62. The minimum atomic E-state index is -3.63. The van der Waals surface area contributed by atoms with E-state index in [2.05, 4.69) is 5.32 Å². The molecule has 0 saturated heterocycles. The zero-order valence-electron chi connectivity index (χ0n) is 22.2. The predicted molar refractivity (Wildman–Crippen MR) is 148 cm³/mol. The summed E-state index contributed by atoms with van der Waals surface area (Å²) in [5.41, 5.74) is 1.16. The summed E-state index contributed by atoms with van der Waals surface area (Å²) < 4.78 is 32.1. The van der Waals surface area contributed by atoms with E-state index in [9.17, 15) is 18.0 Å². The topological polar surface area (TPSA) is 96.0 Å². The van der Waals surface area contributed by atoms with Crippen molar-refractivity contribution in [2.45, 2.75) is 65.6 Å². The number of rotatable bonds is 14. The van der Waals surface area contributed by atoms with Gasteiger partial charge >= 0.3 is 0 Å². The van der Waals surface area contributed by atoms with Crippen molar-refractivity contribution in [2.75, 3.05) is 23.7 Å². The van der Waals surface area contributed by atoms with Crippen LogP contribution in [0.3, 0.4) is 0 Å². The number of hydrogen-bond donors (Lipinski definition) is 1. The number of carbonyl (C=O) groups excluding carboxylic acids is 2. The molecule has 37 heavy (non-hydrogen) atoms. The number of nitrogens with zero attached hydrogens (tertiary/aromatic N) is 2. The van der Waals surface area contributed by atoms with Crippen LogP contribution in [0.5, 0.6) is 5.75 Å². The standard InChI is InChI=1S/C27H38ClN3O5S/c1-6-23(27(33)29-20(3)4)30(19-21-13-8-9-14-22(21)28)26(32)17-12-18-31(37(5,34)35)24-15-10-11-16-25(24)36-7-2/h8-11,13-16,20,23H,6-7,12,17-19H2,1-5H3,(H,29,33). The molecule has 204 valence electrons. The van der Waals surface area contributed by atoms with Gasteiger partial charge in [0.05, 0.1) is 18.6 Å². The van der Waals surface area contributed by atoms with Crippen LogP contribution in [0, 0.1) is 0 Å². The largest absolute Gasteiger partial charge is 0.492 e. The molecule has 0 bridgehead atoms. The number of amides is 2. The van der Waals surface area contributed by atoms with E-state index >= 15 is 0 Å². The molecule has 0 aliphatic rings. The van der Waals surface area contributed by atoms with E-state index in [1.165, 1.54) is 9.21 Å². The maximum atomic E-state index is 13.5. The second kappa shape index (κ2) is 14.2. The van der Waals surface area contributed by atoms with Crippen LogP contribution in [0.25, 0.3) is 0 Å². The maximum Gasteiger partial charge on any atom is 0.243 e. The van der Waals surface area contributed by atoms with Gasteiger partial charge in [0.1, 0.15) is 11.8 Å². The fraction of sp³-hybridized carbons (Fsp3) is 0.481. The number of halogens is 1. The van der Waals surface area contributed by atoms with Crippen molar-refractivity contribution in [3.05, 3.63) is 59.1 Å². The number of nitrogens with one attached hydrogen (secondary N) is 1. The summed E-state index contributed by atoms with van der Waals surface area (Å²) in [4.78, 5) is 28.0. The molecule has 0 radical (unpaired) electrons. The van der Waals surface area contributed by atoms with Crippen LogP contribution < -0.4 is 14.4 Å². The van der Waals surface area contributed by atoms with Gasteiger partial charge in [-0.25, -0.2) is 8.42 Å². The Morgan fingerprint density at radius 2 is 1.70 bits per heavy atom. The summed E-state index contributed by atoms with van der Waals surface area (Å²) >= 11 is 6.37. The van der Waals surface area contributed by atoms with Crippen LogP contribution in [-0.4, -0.2) is 56.6 Å². The van der Waals surface area contributed by atoms with Gasteiger partial charge in [0, 0.05) is 30.6 Å². The van der Waals surface area contributed by atoms with Gasteiger partial charge < -0.3 is 15.0 Å². The van der Waals surface area contributed by atoms with Gasteiger partial charge in [-0.3, -0.25) is 13.9 Å². The van der Waals surface area contributed by atoms with Gasteiger partial charge in [-0.05, 0) is 57.4 Å². The molecule has 0 aliphatic heterocycles. The van der Waals surface area contributed by atoms with E-state index in [0.29, 0.717) is 29.5 Å². The van der Waals surface area contributed by atoms with Crippen molar-refractivity contribution in [3.8, 4) is 5.75 Å². The van der Waals surface area contributed by atoms with E-state index < -0.39 is 16.1 Å². The lowest BCUT2D eigenvalue weighted by atomic mass is 10.1. The van der Waals surface area contributed by atoms with Crippen LogP contribution in [0.2, 0.25) is 5.02 Å². The average molecular weight is 552 g/mol. The Bertz CT molecular complexity index is 1160. The molecule has 0 aliphatic carbocycles. The van der Waals surface area contributed by atoms with E-state index in [1.807, 2.05) is 39.8 Å². The Morgan fingerprint density at radius 3 is 2.30 bits per heavy atom. The number of hydrogen-bond acceptors (Lipinski definition) is 5. The van der Waals surface area contributed by atoms with Crippen molar-refractivity contribution in [2.24, 2.45) is 0 Å². The van der Waals surface area contributed by atoms with Gasteiger partial charge in [-0.2, -0.15) is 0 Å². The minimum Gasteiger partial charge on any atom is -0.492 e.